The van der Waals surface area contributed by atoms with Crippen molar-refractivity contribution in [1.29, 1.82) is 0 Å². The summed E-state index contributed by atoms with van der Waals surface area (Å²) >= 11 is 0. The molecule has 1 aliphatic heterocycles. The first-order valence-electron chi connectivity index (χ1n) is 11.6. The van der Waals surface area contributed by atoms with Crippen molar-refractivity contribution in [3.63, 3.8) is 0 Å². The molecule has 8 nitrogen and oxygen atoms in total. The van der Waals surface area contributed by atoms with Crippen LogP contribution >= 0.6 is 0 Å². The lowest BCUT2D eigenvalue weighted by Crippen LogP contribution is -2.29. The van der Waals surface area contributed by atoms with Crippen LogP contribution in [0.25, 0.3) is 0 Å². The third kappa shape index (κ3) is 5.51. The lowest BCUT2D eigenvalue weighted by molar-refractivity contribution is 0.0696. The Kier molecular flexibility index (Phi) is 7.45. The molecule has 0 fully saturated rings. The highest BCUT2D eigenvalue weighted by Crippen LogP contribution is 2.30. The Balaban J connectivity index is 1.49. The van der Waals surface area contributed by atoms with E-state index in [2.05, 4.69) is 15.3 Å². The van der Waals surface area contributed by atoms with Gasteiger partial charge in [-0.2, -0.15) is 5.10 Å². The highest BCUT2D eigenvalue weighted by atomic mass is 19.1. The van der Waals surface area contributed by atoms with Crippen LogP contribution in [0, 0.1) is 6.92 Å². The predicted molar refractivity (Wildman–Crippen MR) is 129 cm³/mol. The van der Waals surface area contributed by atoms with Crippen molar-refractivity contribution in [1.82, 2.24) is 15.1 Å². The van der Waals surface area contributed by atoms with Crippen LogP contribution in [0.4, 0.5) is 10.2 Å². The Morgan fingerprint density at radius 2 is 1.91 bits per heavy atom. The van der Waals surface area contributed by atoms with Gasteiger partial charge in [0.25, 0.3) is 5.91 Å². The number of fused-ring (bicyclic) bond motifs is 1. The van der Waals surface area contributed by atoms with E-state index in [4.69, 9.17) is 9.84 Å². The molecule has 2 heterocycles. The van der Waals surface area contributed by atoms with E-state index in [9.17, 15) is 14.0 Å². The smallest absolute Gasteiger partial charge is 0.335 e. The second-order valence-corrected chi connectivity index (χ2v) is 8.61. The zero-order chi connectivity index (χ0) is 24.9. The third-order valence-electron chi connectivity index (χ3n) is 6.07. The first-order chi connectivity index (χ1) is 16.9. The van der Waals surface area contributed by atoms with E-state index in [1.807, 2.05) is 42.8 Å². The zero-order valence-electron chi connectivity index (χ0n) is 19.8. The molecule has 0 saturated carbocycles. The number of carbonyl (C=O) groups is 2. The van der Waals surface area contributed by atoms with Gasteiger partial charge in [-0.15, -0.1) is 0 Å². The highest BCUT2D eigenvalue weighted by molar-refractivity contribution is 6.00. The summed E-state index contributed by atoms with van der Waals surface area (Å²) in [5, 5.41) is 16.7. The number of halogens is 1. The average Bonchev–Trinajstić information content (AvgIpc) is 3.37. The van der Waals surface area contributed by atoms with Crippen LogP contribution in [-0.2, 0) is 24.4 Å². The summed E-state index contributed by atoms with van der Waals surface area (Å²) in [4.78, 5) is 26.6. The molecule has 0 spiro atoms. The summed E-state index contributed by atoms with van der Waals surface area (Å²) < 4.78 is 19.5. The number of carbonyl (C=O) groups excluding carboxylic acids is 1. The lowest BCUT2D eigenvalue weighted by atomic mass is 10.1. The number of benzene rings is 2. The van der Waals surface area contributed by atoms with Crippen LogP contribution in [0.2, 0.25) is 0 Å². The van der Waals surface area contributed by atoms with Crippen LogP contribution < -0.4 is 10.2 Å². The summed E-state index contributed by atoms with van der Waals surface area (Å²) in [6.07, 6.45) is 0. The number of amides is 1. The standard InChI is InChI=1S/C26H29FN4O4/c1-17(21-6-8-22(9-7-21)26(33)34)28-24(32)23-18(2)29-31-12-11-30(25(23)31)15-19-4-3-5-20(14-19)16-35-13-10-27/h3-9,14,17H,10-13,15-16H2,1-2H3,(H,28,32)(H,33,34)/t17-/m0/s1. The third-order valence-corrected chi connectivity index (χ3v) is 6.07. The van der Waals surface area contributed by atoms with E-state index in [0.29, 0.717) is 31.0 Å². The monoisotopic (exact) mass is 480 g/mol. The van der Waals surface area contributed by atoms with Crippen molar-refractivity contribution < 1.29 is 23.8 Å². The second-order valence-electron chi connectivity index (χ2n) is 8.61. The second kappa shape index (κ2) is 10.7. The lowest BCUT2D eigenvalue weighted by Gasteiger charge is -2.21. The van der Waals surface area contributed by atoms with Crippen LogP contribution in [0.15, 0.2) is 48.5 Å². The molecule has 0 radical (unpaired) electrons. The van der Waals surface area contributed by atoms with Crippen molar-refractivity contribution in [2.24, 2.45) is 0 Å². The van der Waals surface area contributed by atoms with Crippen molar-refractivity contribution in [2.45, 2.75) is 39.6 Å². The maximum Gasteiger partial charge on any atom is 0.335 e. The van der Waals surface area contributed by atoms with E-state index in [1.165, 1.54) is 12.1 Å². The molecule has 1 amide bonds. The minimum absolute atomic E-state index is 0.0788. The summed E-state index contributed by atoms with van der Waals surface area (Å²) in [7, 11) is 0. The Morgan fingerprint density at radius 3 is 2.63 bits per heavy atom. The summed E-state index contributed by atoms with van der Waals surface area (Å²) in [5.41, 5.74) is 4.25. The quantitative estimate of drug-likeness (QED) is 0.428. The largest absolute Gasteiger partial charge is 0.478 e. The van der Waals surface area contributed by atoms with Gasteiger partial charge in [-0.05, 0) is 42.7 Å². The molecule has 2 aromatic carbocycles. The number of hydrogen-bond acceptors (Lipinski definition) is 5. The number of anilines is 1. The van der Waals surface area contributed by atoms with E-state index in [1.54, 1.807) is 12.1 Å². The maximum atomic E-state index is 13.3. The molecule has 2 N–H and O–H groups in total. The van der Waals surface area contributed by atoms with Gasteiger partial charge in [-0.3, -0.25) is 4.79 Å². The fourth-order valence-electron chi connectivity index (χ4n) is 4.34. The van der Waals surface area contributed by atoms with Crippen molar-refractivity contribution in [3.8, 4) is 0 Å². The zero-order valence-corrected chi connectivity index (χ0v) is 19.8. The first-order valence-corrected chi connectivity index (χ1v) is 11.6. The normalized spacial score (nSPS) is 13.5. The molecular formula is C26H29FN4O4. The first kappa shape index (κ1) is 24.4. The van der Waals surface area contributed by atoms with E-state index in [-0.39, 0.29) is 24.1 Å². The number of ether oxygens (including phenoxy) is 1. The summed E-state index contributed by atoms with van der Waals surface area (Å²) in [6.45, 7) is 5.65. The van der Waals surface area contributed by atoms with Gasteiger partial charge in [0.1, 0.15) is 18.1 Å². The number of aromatic carboxylic acids is 1. The molecule has 1 atom stereocenters. The highest BCUT2D eigenvalue weighted by Gasteiger charge is 2.30. The fourth-order valence-corrected chi connectivity index (χ4v) is 4.34. The van der Waals surface area contributed by atoms with Gasteiger partial charge < -0.3 is 20.1 Å². The molecule has 3 aromatic rings. The molecule has 0 unspecified atom stereocenters. The van der Waals surface area contributed by atoms with Gasteiger partial charge in [0, 0.05) is 13.1 Å². The number of carboxylic acid groups (broad SMARTS) is 1. The topological polar surface area (TPSA) is 96.7 Å². The predicted octanol–water partition coefficient (Wildman–Crippen LogP) is 3.89. The maximum absolute atomic E-state index is 13.3. The Hall–Kier alpha value is -3.72. The number of aromatic nitrogens is 2. The van der Waals surface area contributed by atoms with Gasteiger partial charge in [-0.1, -0.05) is 36.4 Å². The van der Waals surface area contributed by atoms with Crippen molar-refractivity contribution >= 4 is 17.7 Å². The van der Waals surface area contributed by atoms with E-state index >= 15 is 0 Å². The Morgan fingerprint density at radius 1 is 1.17 bits per heavy atom. The minimum Gasteiger partial charge on any atom is -0.478 e. The molecule has 35 heavy (non-hydrogen) atoms. The van der Waals surface area contributed by atoms with Crippen molar-refractivity contribution in [2.75, 3.05) is 24.7 Å². The number of aryl methyl sites for hydroxylation is 1. The number of carboxylic acids is 1. The molecule has 184 valence electrons. The van der Waals surface area contributed by atoms with Crippen LogP contribution in [-0.4, -0.2) is 46.6 Å². The number of nitrogens with one attached hydrogen (secondary N) is 1. The number of rotatable bonds is 10. The van der Waals surface area contributed by atoms with Gasteiger partial charge in [0.15, 0.2) is 0 Å². The summed E-state index contributed by atoms with van der Waals surface area (Å²) in [6, 6.07) is 14.1. The average molecular weight is 481 g/mol. The SMILES string of the molecule is Cc1nn2c(c1C(=O)N[C@@H](C)c1ccc(C(=O)O)cc1)N(Cc1cccc(COCCF)c1)CC2. The van der Waals surface area contributed by atoms with Gasteiger partial charge in [0.2, 0.25) is 0 Å². The molecule has 0 saturated heterocycles. The van der Waals surface area contributed by atoms with Gasteiger partial charge in [-0.25, -0.2) is 13.9 Å². The van der Waals surface area contributed by atoms with Crippen LogP contribution in [0.3, 0.4) is 0 Å². The van der Waals surface area contributed by atoms with E-state index in [0.717, 1.165) is 29.1 Å². The molecule has 0 bridgehead atoms. The molecule has 1 aliphatic rings. The van der Waals surface area contributed by atoms with Crippen LogP contribution in [0.5, 0.6) is 0 Å². The molecule has 4 rings (SSSR count). The number of nitrogens with zero attached hydrogens (tertiary/aromatic N) is 3. The van der Waals surface area contributed by atoms with Crippen LogP contribution in [0.1, 0.15) is 56.1 Å². The van der Waals surface area contributed by atoms with E-state index < -0.39 is 12.6 Å². The number of hydrogen-bond donors (Lipinski definition) is 2. The molecule has 9 heteroatoms. The van der Waals surface area contributed by atoms with Crippen molar-refractivity contribution in [3.05, 3.63) is 82.0 Å². The molecule has 1 aromatic heterocycles. The Bertz CT molecular complexity index is 1210. The molecular weight excluding hydrogens is 451 g/mol. The summed E-state index contributed by atoms with van der Waals surface area (Å²) in [5.74, 6) is -0.427. The Labute approximate surface area is 203 Å². The van der Waals surface area contributed by atoms with Gasteiger partial charge in [0.05, 0.1) is 37.1 Å². The molecule has 0 aliphatic carbocycles. The minimum atomic E-state index is -0.989. The fraction of sp³-hybridized carbons (Fsp3) is 0.346. The number of alkyl halides is 1. The van der Waals surface area contributed by atoms with Gasteiger partial charge >= 0.3 is 5.97 Å².